The molecule has 22 heavy (non-hydrogen) atoms. The summed E-state index contributed by atoms with van der Waals surface area (Å²) in [6, 6.07) is 0.729. The van der Waals surface area contributed by atoms with Crippen LogP contribution in [-0.2, 0) is 4.79 Å². The highest BCUT2D eigenvalue weighted by Crippen LogP contribution is 2.23. The standard InChI is InChI=1S/C16H31N3O.2ClH/c1-14-6-2-3-10-18(14)12-15-7-5-11-19(13-15)16(20)8-4-9-17;;/h14-15H,2-13,17H2,1H3;2*1H. The smallest absolute Gasteiger partial charge is 0.222 e. The first-order valence-electron chi connectivity index (χ1n) is 8.42. The third-order valence-corrected chi connectivity index (χ3v) is 4.90. The summed E-state index contributed by atoms with van der Waals surface area (Å²) in [6.45, 7) is 7.32. The van der Waals surface area contributed by atoms with E-state index in [-0.39, 0.29) is 24.8 Å². The van der Waals surface area contributed by atoms with E-state index in [1.807, 2.05) is 0 Å². The Bertz CT molecular complexity index is 318. The average molecular weight is 354 g/mol. The molecule has 2 saturated heterocycles. The van der Waals surface area contributed by atoms with Crippen LogP contribution < -0.4 is 5.73 Å². The summed E-state index contributed by atoms with van der Waals surface area (Å²) in [7, 11) is 0. The van der Waals surface area contributed by atoms with Gasteiger partial charge in [-0.1, -0.05) is 6.42 Å². The minimum absolute atomic E-state index is 0. The van der Waals surface area contributed by atoms with Crippen molar-refractivity contribution in [1.29, 1.82) is 0 Å². The molecule has 2 heterocycles. The highest BCUT2D eigenvalue weighted by Gasteiger charge is 2.27. The Kier molecular flexibility index (Phi) is 11.5. The number of likely N-dealkylation sites (tertiary alicyclic amines) is 2. The molecule has 2 unspecified atom stereocenters. The molecule has 1 amide bonds. The monoisotopic (exact) mass is 353 g/mol. The Balaban J connectivity index is 0.00000220. The van der Waals surface area contributed by atoms with Crippen molar-refractivity contribution in [1.82, 2.24) is 9.80 Å². The lowest BCUT2D eigenvalue weighted by molar-refractivity contribution is -0.133. The van der Waals surface area contributed by atoms with Crippen LogP contribution in [0.5, 0.6) is 0 Å². The van der Waals surface area contributed by atoms with Crippen LogP contribution in [0.2, 0.25) is 0 Å². The molecule has 0 aromatic heterocycles. The number of rotatable bonds is 5. The Hall–Kier alpha value is -0.0300. The molecule has 2 rings (SSSR count). The number of carbonyl (C=O) groups is 1. The lowest BCUT2D eigenvalue weighted by Crippen LogP contribution is -2.46. The van der Waals surface area contributed by atoms with E-state index in [0.29, 0.717) is 24.8 Å². The molecule has 0 aromatic carbocycles. The van der Waals surface area contributed by atoms with Crippen molar-refractivity contribution in [3.63, 3.8) is 0 Å². The Morgan fingerprint density at radius 2 is 1.91 bits per heavy atom. The van der Waals surface area contributed by atoms with Crippen molar-refractivity contribution < 1.29 is 4.79 Å². The van der Waals surface area contributed by atoms with Gasteiger partial charge in [0, 0.05) is 32.1 Å². The molecule has 0 aromatic rings. The van der Waals surface area contributed by atoms with Crippen LogP contribution in [0.25, 0.3) is 0 Å². The van der Waals surface area contributed by atoms with Crippen LogP contribution in [0, 0.1) is 5.92 Å². The zero-order valence-corrected chi connectivity index (χ0v) is 15.5. The first-order chi connectivity index (χ1) is 9.70. The van der Waals surface area contributed by atoms with E-state index in [2.05, 4.69) is 16.7 Å². The summed E-state index contributed by atoms with van der Waals surface area (Å²) in [5.74, 6) is 0.984. The molecule has 2 N–H and O–H groups in total. The van der Waals surface area contributed by atoms with Gasteiger partial charge in [-0.05, 0) is 58.0 Å². The third kappa shape index (κ3) is 6.61. The Morgan fingerprint density at radius 3 is 2.59 bits per heavy atom. The predicted molar refractivity (Wildman–Crippen MR) is 97.0 cm³/mol. The number of amides is 1. The fourth-order valence-corrected chi connectivity index (χ4v) is 3.61. The zero-order chi connectivity index (χ0) is 14.4. The molecule has 132 valence electrons. The second-order valence-corrected chi connectivity index (χ2v) is 6.58. The van der Waals surface area contributed by atoms with E-state index >= 15 is 0 Å². The van der Waals surface area contributed by atoms with Gasteiger partial charge in [0.05, 0.1) is 0 Å². The fraction of sp³-hybridized carbons (Fsp3) is 0.938. The first kappa shape index (κ1) is 22.0. The summed E-state index contributed by atoms with van der Waals surface area (Å²) in [6.07, 6.45) is 7.96. The Morgan fingerprint density at radius 1 is 1.14 bits per heavy atom. The molecular weight excluding hydrogens is 321 g/mol. The number of hydrogen-bond acceptors (Lipinski definition) is 3. The number of nitrogens with zero attached hydrogens (tertiary/aromatic N) is 2. The van der Waals surface area contributed by atoms with Gasteiger partial charge in [-0.15, -0.1) is 24.8 Å². The van der Waals surface area contributed by atoms with E-state index in [4.69, 9.17) is 5.73 Å². The van der Waals surface area contributed by atoms with Crippen LogP contribution in [0.4, 0.5) is 0 Å². The molecule has 2 atom stereocenters. The van der Waals surface area contributed by atoms with Gasteiger partial charge in [-0.2, -0.15) is 0 Å². The van der Waals surface area contributed by atoms with E-state index in [1.54, 1.807) is 0 Å². The van der Waals surface area contributed by atoms with Gasteiger partial charge in [-0.3, -0.25) is 4.79 Å². The quantitative estimate of drug-likeness (QED) is 0.826. The van der Waals surface area contributed by atoms with E-state index in [9.17, 15) is 4.79 Å². The maximum atomic E-state index is 12.1. The summed E-state index contributed by atoms with van der Waals surface area (Å²) in [4.78, 5) is 16.8. The number of nitrogens with two attached hydrogens (primary N) is 1. The minimum atomic E-state index is 0. The second-order valence-electron chi connectivity index (χ2n) is 6.58. The van der Waals surface area contributed by atoms with Crippen molar-refractivity contribution in [3.05, 3.63) is 0 Å². The molecule has 0 radical (unpaired) electrons. The first-order valence-corrected chi connectivity index (χ1v) is 8.42. The van der Waals surface area contributed by atoms with Gasteiger partial charge < -0.3 is 15.5 Å². The topological polar surface area (TPSA) is 49.6 Å². The van der Waals surface area contributed by atoms with Gasteiger partial charge in [0.15, 0.2) is 0 Å². The number of carbonyl (C=O) groups excluding carboxylic acids is 1. The molecule has 6 heteroatoms. The zero-order valence-electron chi connectivity index (χ0n) is 13.8. The molecule has 0 aliphatic carbocycles. The van der Waals surface area contributed by atoms with Gasteiger partial charge >= 0.3 is 0 Å². The summed E-state index contributed by atoms with van der Waals surface area (Å²) >= 11 is 0. The van der Waals surface area contributed by atoms with Gasteiger partial charge in [0.1, 0.15) is 0 Å². The molecule has 0 saturated carbocycles. The van der Waals surface area contributed by atoms with Gasteiger partial charge in [-0.25, -0.2) is 0 Å². The fourth-order valence-electron chi connectivity index (χ4n) is 3.61. The lowest BCUT2D eigenvalue weighted by Gasteiger charge is -2.39. The number of hydrogen-bond donors (Lipinski definition) is 1. The molecule has 0 bridgehead atoms. The number of piperidine rings is 2. The van der Waals surface area contributed by atoms with Crippen LogP contribution in [0.3, 0.4) is 0 Å². The van der Waals surface area contributed by atoms with Crippen LogP contribution in [0.15, 0.2) is 0 Å². The summed E-state index contributed by atoms with van der Waals surface area (Å²) < 4.78 is 0. The largest absolute Gasteiger partial charge is 0.342 e. The summed E-state index contributed by atoms with van der Waals surface area (Å²) in [5.41, 5.74) is 5.50. The van der Waals surface area contributed by atoms with Crippen molar-refractivity contribution in [3.8, 4) is 0 Å². The molecule has 2 aliphatic heterocycles. The molecular formula is C16H33Cl2N3O. The van der Waals surface area contributed by atoms with Crippen molar-refractivity contribution in [2.75, 3.05) is 32.7 Å². The van der Waals surface area contributed by atoms with E-state index < -0.39 is 0 Å². The maximum Gasteiger partial charge on any atom is 0.222 e. The highest BCUT2D eigenvalue weighted by molar-refractivity contribution is 5.85. The summed E-state index contributed by atoms with van der Waals surface area (Å²) in [5, 5.41) is 0. The van der Waals surface area contributed by atoms with E-state index in [0.717, 1.165) is 25.6 Å². The SMILES string of the molecule is CC1CCCCN1CC1CCCN(C(=O)CCCN)C1.Cl.Cl. The van der Waals surface area contributed by atoms with E-state index in [1.165, 1.54) is 45.2 Å². The van der Waals surface area contributed by atoms with Gasteiger partial charge in [0.25, 0.3) is 0 Å². The number of halogens is 2. The normalized spacial score (nSPS) is 26.0. The lowest BCUT2D eigenvalue weighted by atomic mass is 9.94. The van der Waals surface area contributed by atoms with Crippen LogP contribution in [0.1, 0.15) is 51.9 Å². The third-order valence-electron chi connectivity index (χ3n) is 4.90. The molecule has 0 spiro atoms. The average Bonchev–Trinajstić information content (AvgIpc) is 2.47. The van der Waals surface area contributed by atoms with Crippen molar-refractivity contribution >= 4 is 30.7 Å². The second kappa shape index (κ2) is 11.5. The highest BCUT2D eigenvalue weighted by atomic mass is 35.5. The van der Waals surface area contributed by atoms with Gasteiger partial charge in [0.2, 0.25) is 5.91 Å². The van der Waals surface area contributed by atoms with Crippen molar-refractivity contribution in [2.24, 2.45) is 11.7 Å². The molecule has 4 nitrogen and oxygen atoms in total. The van der Waals surface area contributed by atoms with Crippen LogP contribution >= 0.6 is 24.8 Å². The Labute approximate surface area is 148 Å². The molecule has 2 fully saturated rings. The minimum Gasteiger partial charge on any atom is -0.342 e. The maximum absolute atomic E-state index is 12.1. The van der Waals surface area contributed by atoms with Crippen LogP contribution in [-0.4, -0.2) is 54.5 Å². The van der Waals surface area contributed by atoms with Crippen molar-refractivity contribution in [2.45, 2.75) is 57.9 Å². The predicted octanol–water partition coefficient (Wildman–Crippen LogP) is 2.68. The molecule has 2 aliphatic rings.